The van der Waals surface area contributed by atoms with Crippen LogP contribution in [0.15, 0.2) is 59.6 Å². The summed E-state index contributed by atoms with van der Waals surface area (Å²) in [5.74, 6) is -1.17. The first-order valence-corrected chi connectivity index (χ1v) is 10.7. The van der Waals surface area contributed by atoms with Crippen molar-refractivity contribution < 1.29 is 22.7 Å². The molecule has 1 aliphatic carbocycles. The molecule has 0 radical (unpaired) electrons. The van der Waals surface area contributed by atoms with Gasteiger partial charge in [-0.05, 0) is 43.2 Å². The van der Waals surface area contributed by atoms with Gasteiger partial charge in [0.15, 0.2) is 0 Å². The van der Waals surface area contributed by atoms with E-state index in [1.807, 2.05) is 0 Å². The minimum Gasteiger partial charge on any atom is -0.388 e. The van der Waals surface area contributed by atoms with Crippen molar-refractivity contribution in [2.45, 2.75) is 36.7 Å². The zero-order chi connectivity index (χ0) is 19.9. The van der Waals surface area contributed by atoms with Crippen molar-refractivity contribution in [2.24, 2.45) is 5.92 Å². The van der Waals surface area contributed by atoms with E-state index in [0.717, 1.165) is 22.9 Å². The maximum absolute atomic E-state index is 13.9. The quantitative estimate of drug-likeness (QED) is 0.721. The number of aliphatic hydroxyl groups excluding tert-OH is 1. The van der Waals surface area contributed by atoms with Crippen molar-refractivity contribution in [3.63, 3.8) is 0 Å². The number of carbonyl (C=O) groups is 1. The summed E-state index contributed by atoms with van der Waals surface area (Å²) >= 11 is 0. The van der Waals surface area contributed by atoms with Crippen molar-refractivity contribution in [3.05, 3.63) is 66.1 Å². The maximum Gasteiger partial charge on any atom is 0.268 e. The molecule has 7 heteroatoms. The predicted molar refractivity (Wildman–Crippen MR) is 103 cm³/mol. The van der Waals surface area contributed by atoms with Crippen molar-refractivity contribution in [1.29, 1.82) is 0 Å². The first kappa shape index (κ1) is 18.8. The van der Waals surface area contributed by atoms with Gasteiger partial charge >= 0.3 is 0 Å². The van der Waals surface area contributed by atoms with E-state index in [-0.39, 0.29) is 16.2 Å². The molecule has 4 rings (SSSR count). The lowest BCUT2D eigenvalue weighted by molar-refractivity contribution is -0.128. The molecule has 0 spiro atoms. The molecule has 1 N–H and O–H groups in total. The van der Waals surface area contributed by atoms with E-state index < -0.39 is 27.9 Å². The van der Waals surface area contributed by atoms with Gasteiger partial charge in [-0.3, -0.25) is 4.79 Å². The zero-order valence-corrected chi connectivity index (χ0v) is 15.9. The van der Waals surface area contributed by atoms with E-state index in [9.17, 15) is 22.7 Å². The molecule has 2 aromatic carbocycles. The van der Waals surface area contributed by atoms with Crippen molar-refractivity contribution >= 4 is 26.7 Å². The number of nitrogens with zero attached hydrogens (tertiary/aromatic N) is 1. The maximum atomic E-state index is 13.9. The highest BCUT2D eigenvalue weighted by Gasteiger charge is 2.33. The fraction of sp³-hybridized carbons (Fsp3) is 0.286. The Hall–Kier alpha value is -2.51. The summed E-state index contributed by atoms with van der Waals surface area (Å²) < 4.78 is 41.2. The van der Waals surface area contributed by atoms with Crippen molar-refractivity contribution in [3.8, 4) is 0 Å². The second-order valence-corrected chi connectivity index (χ2v) is 8.94. The number of benzene rings is 2. The Bertz CT molecular complexity index is 1140. The normalized spacial score (nSPS) is 19.1. The topological polar surface area (TPSA) is 76.4 Å². The Morgan fingerprint density at radius 1 is 1.11 bits per heavy atom. The van der Waals surface area contributed by atoms with E-state index in [0.29, 0.717) is 23.8 Å². The van der Waals surface area contributed by atoms with E-state index >= 15 is 0 Å². The van der Waals surface area contributed by atoms with Crippen LogP contribution in [0.5, 0.6) is 0 Å². The Labute approximate surface area is 162 Å². The number of fused-ring (bicyclic) bond motifs is 1. The van der Waals surface area contributed by atoms with Crippen molar-refractivity contribution in [2.75, 3.05) is 0 Å². The highest BCUT2D eigenvalue weighted by molar-refractivity contribution is 7.90. The molecule has 0 unspecified atom stereocenters. The molecule has 2 atom stereocenters. The first-order valence-electron chi connectivity index (χ1n) is 9.21. The number of hydrogen-bond acceptors (Lipinski definition) is 4. The Kier molecular flexibility index (Phi) is 4.81. The summed E-state index contributed by atoms with van der Waals surface area (Å²) in [5.41, 5.74) is 0.468. The molecular weight excluding hydrogens is 381 g/mol. The van der Waals surface area contributed by atoms with E-state index in [1.54, 1.807) is 18.2 Å². The van der Waals surface area contributed by atoms with Crippen LogP contribution in [0.1, 0.15) is 37.4 Å². The Balaban J connectivity index is 1.89. The minimum atomic E-state index is -3.99. The van der Waals surface area contributed by atoms with Gasteiger partial charge in [-0.2, -0.15) is 0 Å². The molecule has 0 amide bonds. The number of carbonyl (C=O) groups excluding carboxylic acids is 1. The van der Waals surface area contributed by atoms with Gasteiger partial charge in [0.2, 0.25) is 0 Å². The predicted octanol–water partition coefficient (Wildman–Crippen LogP) is 3.81. The Morgan fingerprint density at radius 3 is 2.57 bits per heavy atom. The van der Waals surface area contributed by atoms with Gasteiger partial charge in [0, 0.05) is 29.5 Å². The van der Waals surface area contributed by atoms with Gasteiger partial charge in [0.05, 0.1) is 16.5 Å². The van der Waals surface area contributed by atoms with Crippen LogP contribution < -0.4 is 0 Å². The molecule has 1 fully saturated rings. The zero-order valence-electron chi connectivity index (χ0n) is 15.1. The minimum absolute atomic E-state index is 0.0207. The van der Waals surface area contributed by atoms with Crippen LogP contribution in [-0.4, -0.2) is 23.3 Å². The van der Waals surface area contributed by atoms with Crippen LogP contribution in [-0.2, 0) is 14.8 Å². The number of aromatic nitrogens is 1. The van der Waals surface area contributed by atoms with E-state index in [4.69, 9.17) is 0 Å². The summed E-state index contributed by atoms with van der Waals surface area (Å²) in [7, 11) is -3.99. The third-order valence-corrected chi connectivity index (χ3v) is 7.05. The highest BCUT2D eigenvalue weighted by Crippen LogP contribution is 2.37. The molecule has 146 valence electrons. The van der Waals surface area contributed by atoms with Crippen molar-refractivity contribution in [1.82, 2.24) is 3.97 Å². The number of Topliss-reactive ketones (excluding diaryl/α,β-unsaturated/α-hetero) is 1. The van der Waals surface area contributed by atoms with Crippen LogP contribution in [0, 0.1) is 11.7 Å². The highest BCUT2D eigenvalue weighted by atomic mass is 32.2. The van der Waals surface area contributed by atoms with E-state index in [1.165, 1.54) is 30.5 Å². The van der Waals surface area contributed by atoms with Crippen LogP contribution in [0.2, 0.25) is 0 Å². The number of hydrogen-bond donors (Lipinski definition) is 1. The van der Waals surface area contributed by atoms with Crippen LogP contribution in [0.25, 0.3) is 10.9 Å². The third kappa shape index (κ3) is 3.14. The average molecular weight is 401 g/mol. The molecule has 1 aromatic heterocycles. The SMILES string of the molecule is O=C1CCCC[C@H]1[C@@H](O)c1cn(S(=O)(=O)c2ccccc2)c2cc(F)ccc12. The number of halogens is 1. The summed E-state index contributed by atoms with van der Waals surface area (Å²) in [5, 5.41) is 11.3. The second-order valence-electron chi connectivity index (χ2n) is 7.12. The number of rotatable bonds is 4. The van der Waals surface area contributed by atoms with Crippen LogP contribution in [0.3, 0.4) is 0 Å². The van der Waals surface area contributed by atoms with Gasteiger partial charge in [-0.25, -0.2) is 16.8 Å². The lowest BCUT2D eigenvalue weighted by Gasteiger charge is -2.25. The lowest BCUT2D eigenvalue weighted by Crippen LogP contribution is -2.25. The molecule has 0 bridgehead atoms. The van der Waals surface area contributed by atoms with Gasteiger partial charge in [0.25, 0.3) is 10.0 Å². The number of aliphatic hydroxyl groups is 1. The molecule has 1 aliphatic rings. The molecule has 3 aromatic rings. The second kappa shape index (κ2) is 7.14. The first-order chi connectivity index (χ1) is 13.4. The standard InChI is InChI=1S/C21H20FNO4S/c22-14-10-11-16-18(21(25)17-8-4-5-9-20(17)24)13-23(19(16)12-14)28(26,27)15-6-2-1-3-7-15/h1-3,6-7,10-13,17,21,25H,4-5,8-9H2/t17-,21-/m1/s1. The van der Waals surface area contributed by atoms with E-state index in [2.05, 4.69) is 0 Å². The Morgan fingerprint density at radius 2 is 1.86 bits per heavy atom. The lowest BCUT2D eigenvalue weighted by atomic mass is 9.81. The number of ketones is 1. The molecule has 1 heterocycles. The van der Waals surface area contributed by atoms with Crippen LogP contribution in [0.4, 0.5) is 4.39 Å². The van der Waals surface area contributed by atoms with Crippen LogP contribution >= 0.6 is 0 Å². The molecule has 0 saturated heterocycles. The smallest absolute Gasteiger partial charge is 0.268 e. The molecule has 0 aliphatic heterocycles. The largest absolute Gasteiger partial charge is 0.388 e. The summed E-state index contributed by atoms with van der Waals surface area (Å²) in [6.45, 7) is 0. The molecule has 5 nitrogen and oxygen atoms in total. The summed E-state index contributed by atoms with van der Waals surface area (Å²) in [6, 6.07) is 11.6. The van der Waals surface area contributed by atoms with Gasteiger partial charge < -0.3 is 5.11 Å². The average Bonchev–Trinajstić information content (AvgIpc) is 3.08. The monoisotopic (exact) mass is 401 g/mol. The molecule has 28 heavy (non-hydrogen) atoms. The van der Waals surface area contributed by atoms with Gasteiger partial charge in [-0.1, -0.05) is 24.6 Å². The fourth-order valence-electron chi connectivity index (χ4n) is 3.90. The van der Waals surface area contributed by atoms with Gasteiger partial charge in [0.1, 0.15) is 11.6 Å². The molecular formula is C21H20FNO4S. The summed E-state index contributed by atoms with van der Waals surface area (Å²) in [4.78, 5) is 12.3. The third-order valence-electron chi connectivity index (χ3n) is 5.37. The summed E-state index contributed by atoms with van der Waals surface area (Å²) in [6.07, 6.45) is 2.80. The fourth-order valence-corrected chi connectivity index (χ4v) is 5.29. The molecule has 1 saturated carbocycles. The van der Waals surface area contributed by atoms with Gasteiger partial charge in [-0.15, -0.1) is 0 Å².